The lowest BCUT2D eigenvalue weighted by molar-refractivity contribution is 0.295. The summed E-state index contributed by atoms with van der Waals surface area (Å²) in [4.78, 5) is 0. The molecule has 0 aliphatic carbocycles. The molecule has 130 valence electrons. The second-order valence-corrected chi connectivity index (χ2v) is 2.79. The van der Waals surface area contributed by atoms with Gasteiger partial charge >= 0.3 is 0 Å². The minimum absolute atomic E-state index is 0.0833. The zero-order valence-electron chi connectivity index (χ0n) is 13.7. The van der Waals surface area contributed by atoms with E-state index < -0.39 is 0 Å². The van der Waals surface area contributed by atoms with E-state index in [1.807, 2.05) is 20.8 Å². The Labute approximate surface area is 148 Å². The van der Waals surface area contributed by atoms with Crippen LogP contribution in [0.3, 0.4) is 0 Å². The fourth-order valence-electron chi connectivity index (χ4n) is 0. The molecule has 0 bridgehead atoms. The van der Waals surface area contributed by atoms with Crippen LogP contribution in [0.1, 0.15) is 27.2 Å². The van der Waals surface area contributed by atoms with Gasteiger partial charge in [0.25, 0.3) is 0 Å². The van der Waals surface area contributed by atoms with Crippen molar-refractivity contribution >= 4 is 34.8 Å². The van der Waals surface area contributed by atoms with Crippen LogP contribution in [0, 0.1) is 12.8 Å². The van der Waals surface area contributed by atoms with E-state index in [1.54, 1.807) is 0 Å². The maximum atomic E-state index is 7.88. The SMILES string of the molecule is C#C.C=C.C=CCO.C=CCl.CC.CCCO.ClCCCl. The van der Waals surface area contributed by atoms with Crippen molar-refractivity contribution in [3.63, 3.8) is 0 Å². The van der Waals surface area contributed by atoms with E-state index in [1.165, 1.54) is 11.6 Å². The summed E-state index contributed by atoms with van der Waals surface area (Å²) in [6.45, 7) is 18.7. The summed E-state index contributed by atoms with van der Waals surface area (Å²) in [7, 11) is 0. The molecule has 0 spiro atoms. The third kappa shape index (κ3) is 915. The molecule has 0 atom stereocenters. The summed E-state index contributed by atoms with van der Waals surface area (Å²) in [6.07, 6.45) is 10.3. The smallest absolute Gasteiger partial charge is 0.0609 e. The van der Waals surface area contributed by atoms with Crippen LogP contribution in [0.2, 0.25) is 0 Å². The van der Waals surface area contributed by atoms with Crippen molar-refractivity contribution < 1.29 is 10.2 Å². The van der Waals surface area contributed by atoms with Crippen LogP contribution in [0.15, 0.2) is 37.9 Å². The summed E-state index contributed by atoms with van der Waals surface area (Å²) >= 11 is 14.9. The maximum absolute atomic E-state index is 7.88. The summed E-state index contributed by atoms with van der Waals surface area (Å²) in [5.74, 6) is 1.11. The molecule has 2 N–H and O–H groups in total. The van der Waals surface area contributed by atoms with Gasteiger partial charge in [-0.05, 0) is 12.0 Å². The average molecular weight is 364 g/mol. The van der Waals surface area contributed by atoms with Crippen molar-refractivity contribution in [1.29, 1.82) is 0 Å². The molecule has 0 saturated carbocycles. The van der Waals surface area contributed by atoms with Crippen LogP contribution in [-0.4, -0.2) is 35.2 Å². The highest BCUT2D eigenvalue weighted by Gasteiger charge is 1.61. The predicted octanol–water partition coefficient (Wildman–Crippen LogP) is 5.46. The standard InChI is InChI=1S/C3H8O.C3H6O.C2H4Cl2.C2H3Cl.C2H6.C2H4.C2H2/c2*1-2-3-4;3-1-2-4;1-2-3;3*1-2/h4H,2-3H2,1H3;2,4H,1,3H2;1-2H2;2H,1H2;1-2H3;1-2H2;1-2H. The summed E-state index contributed by atoms with van der Waals surface area (Å²) in [5, 5.41) is 15.6. The van der Waals surface area contributed by atoms with Gasteiger partial charge in [0, 0.05) is 18.4 Å². The van der Waals surface area contributed by atoms with Crippen molar-refractivity contribution in [2.75, 3.05) is 25.0 Å². The normalized spacial score (nSPS) is 5.24. The first-order chi connectivity index (χ1) is 10.2. The minimum atomic E-state index is 0.0833. The van der Waals surface area contributed by atoms with Gasteiger partial charge in [-0.1, -0.05) is 45.0 Å². The van der Waals surface area contributed by atoms with E-state index in [4.69, 9.17) is 45.0 Å². The monoisotopic (exact) mass is 362 g/mol. The van der Waals surface area contributed by atoms with Gasteiger partial charge < -0.3 is 10.2 Å². The van der Waals surface area contributed by atoms with Gasteiger partial charge in [-0.15, -0.1) is 55.8 Å². The zero-order chi connectivity index (χ0) is 18.9. The van der Waals surface area contributed by atoms with Gasteiger partial charge in [0.15, 0.2) is 0 Å². The third-order valence-corrected chi connectivity index (χ3v) is 0.996. The van der Waals surface area contributed by atoms with Gasteiger partial charge in [0.1, 0.15) is 0 Å². The largest absolute Gasteiger partial charge is 0.396 e. The molecule has 0 fully saturated rings. The lowest BCUT2D eigenvalue weighted by Gasteiger charge is -1.69. The van der Waals surface area contributed by atoms with Crippen molar-refractivity contribution in [1.82, 2.24) is 0 Å². The van der Waals surface area contributed by atoms with Gasteiger partial charge in [-0.2, -0.15) is 0 Å². The summed E-state index contributed by atoms with van der Waals surface area (Å²) in [5.41, 5.74) is 1.22. The highest BCUT2D eigenvalue weighted by Crippen LogP contribution is 1.75. The Balaban J connectivity index is -0.0000000224. The predicted molar refractivity (Wildman–Crippen MR) is 105 cm³/mol. The average Bonchev–Trinajstić information content (AvgIpc) is 2.61. The Morgan fingerprint density at radius 2 is 1.14 bits per heavy atom. The molecule has 0 aliphatic rings. The second-order valence-electron chi connectivity index (χ2n) is 1.73. The number of aliphatic hydroxyl groups excluding tert-OH is 2. The topological polar surface area (TPSA) is 40.5 Å². The fraction of sp³-hybridized carbons (Fsp3) is 0.500. The first-order valence-corrected chi connectivity index (χ1v) is 7.66. The second kappa shape index (κ2) is 156. The van der Waals surface area contributed by atoms with E-state index in [0.717, 1.165) is 6.42 Å². The van der Waals surface area contributed by atoms with Gasteiger partial charge in [-0.3, -0.25) is 0 Å². The molecule has 0 aromatic rings. The molecule has 0 amide bonds. The Morgan fingerprint density at radius 1 is 1.00 bits per heavy atom. The van der Waals surface area contributed by atoms with Crippen molar-refractivity contribution in [2.45, 2.75) is 27.2 Å². The van der Waals surface area contributed by atoms with Crippen molar-refractivity contribution in [3.8, 4) is 12.8 Å². The molecule has 5 heteroatoms. The van der Waals surface area contributed by atoms with Gasteiger partial charge in [-0.25, -0.2) is 0 Å². The molecule has 0 radical (unpaired) electrons. The number of alkyl halides is 2. The van der Waals surface area contributed by atoms with E-state index >= 15 is 0 Å². The molecular weight excluding hydrogens is 331 g/mol. The molecule has 0 heterocycles. The number of hydrogen-bond acceptors (Lipinski definition) is 2. The van der Waals surface area contributed by atoms with Crippen LogP contribution in [0.25, 0.3) is 0 Å². The van der Waals surface area contributed by atoms with Gasteiger partial charge in [0.2, 0.25) is 0 Å². The fourth-order valence-corrected chi connectivity index (χ4v) is 0. The molecule has 0 unspecified atom stereocenters. The van der Waals surface area contributed by atoms with E-state index in [-0.39, 0.29) is 6.61 Å². The molecule has 0 aliphatic heterocycles. The molecule has 0 aromatic carbocycles. The number of terminal acetylenes is 1. The Bertz CT molecular complexity index is 122. The lowest BCUT2D eigenvalue weighted by atomic mass is 10.5. The number of aliphatic hydroxyl groups is 2. The van der Waals surface area contributed by atoms with Crippen molar-refractivity contribution in [3.05, 3.63) is 37.9 Å². The first kappa shape index (κ1) is 42.8. The zero-order valence-corrected chi connectivity index (χ0v) is 16.0. The Morgan fingerprint density at radius 3 is 1.14 bits per heavy atom. The molecular formula is C16H33Cl3O2. The van der Waals surface area contributed by atoms with Crippen LogP contribution in [0.5, 0.6) is 0 Å². The quantitative estimate of drug-likeness (QED) is 0.397. The highest BCUT2D eigenvalue weighted by atomic mass is 35.5. The lowest BCUT2D eigenvalue weighted by Crippen LogP contribution is -1.69. The van der Waals surface area contributed by atoms with Crippen LogP contribution < -0.4 is 0 Å². The van der Waals surface area contributed by atoms with E-state index in [2.05, 4.69) is 39.2 Å². The first-order valence-electron chi connectivity index (χ1n) is 6.15. The van der Waals surface area contributed by atoms with Crippen LogP contribution >= 0.6 is 34.8 Å². The van der Waals surface area contributed by atoms with Crippen LogP contribution in [0.4, 0.5) is 0 Å². The third-order valence-electron chi connectivity index (χ3n) is 0.424. The maximum Gasteiger partial charge on any atom is 0.0609 e. The van der Waals surface area contributed by atoms with E-state index in [9.17, 15) is 0 Å². The molecule has 0 saturated heterocycles. The Kier molecular flexibility index (Phi) is 319. The molecule has 2 nitrogen and oxygen atoms in total. The molecule has 21 heavy (non-hydrogen) atoms. The Hall–Kier alpha value is -0.430. The van der Waals surface area contributed by atoms with Crippen LogP contribution in [-0.2, 0) is 0 Å². The molecule has 0 aromatic heterocycles. The number of rotatable bonds is 3. The summed E-state index contributed by atoms with van der Waals surface area (Å²) in [6, 6.07) is 0. The molecule has 0 rings (SSSR count). The summed E-state index contributed by atoms with van der Waals surface area (Å²) < 4.78 is 0. The number of halogens is 3. The number of hydrogen-bond donors (Lipinski definition) is 2. The minimum Gasteiger partial charge on any atom is -0.396 e. The van der Waals surface area contributed by atoms with Gasteiger partial charge in [0.05, 0.1) is 6.61 Å². The van der Waals surface area contributed by atoms with Crippen molar-refractivity contribution in [2.24, 2.45) is 0 Å². The van der Waals surface area contributed by atoms with E-state index in [0.29, 0.717) is 18.4 Å². The highest BCUT2D eigenvalue weighted by molar-refractivity contribution is 6.26.